The fraction of sp³-hybridized carbons (Fsp3) is 0.444. The number of aryl methyl sites for hydroxylation is 1. The quantitative estimate of drug-likeness (QED) is 0.498. The smallest absolute Gasteiger partial charge is 0.317 e. The Balaban J connectivity index is 1.49. The van der Waals surface area contributed by atoms with Gasteiger partial charge in [-0.2, -0.15) is 0 Å². The molecule has 2 aromatic rings. The number of nitrogens with two attached hydrogens (primary N) is 1. The van der Waals surface area contributed by atoms with Gasteiger partial charge in [-0.15, -0.1) is 11.8 Å². The molecular weight excluding hydrogens is 510 g/mol. The van der Waals surface area contributed by atoms with Crippen molar-refractivity contribution in [1.82, 2.24) is 20.0 Å². The molecule has 198 valence electrons. The summed E-state index contributed by atoms with van der Waals surface area (Å²) in [6.45, 7) is 5.61. The molecule has 0 spiro atoms. The van der Waals surface area contributed by atoms with E-state index in [1.165, 1.54) is 11.8 Å². The van der Waals surface area contributed by atoms with Crippen LogP contribution in [-0.4, -0.2) is 83.1 Å². The predicted molar refractivity (Wildman–Crippen MR) is 146 cm³/mol. The number of nitrogens with zero attached hydrogens (tertiary/aromatic N) is 3. The largest absolute Gasteiger partial charge is 0.338 e. The normalized spacial score (nSPS) is 19.9. The molecule has 1 unspecified atom stereocenters. The molecule has 2 aliphatic rings. The average molecular weight is 544 g/mol. The highest BCUT2D eigenvalue weighted by Crippen LogP contribution is 2.43. The Kier molecular flexibility index (Phi) is 9.00. The Morgan fingerprint density at radius 3 is 2.32 bits per heavy atom. The molecule has 4 amide bonds. The standard InChI is InChI=1S/C27H34ClN5O3S/c1-20-3-9-23(10-4-20)37-27(17-24(34)33(19-27)18-21-5-7-22(28)8-6-21)25(35)31-13-15-32(16-14-31)26(36)30-12-2-11-29/h3-10H,2,11-19,29H2,1H3,(H,30,36). The molecule has 4 rings (SSSR count). The second-order valence-corrected chi connectivity index (χ2v) is 11.5. The summed E-state index contributed by atoms with van der Waals surface area (Å²) in [6.07, 6.45) is 0.862. The van der Waals surface area contributed by atoms with Crippen LogP contribution in [0.15, 0.2) is 53.4 Å². The van der Waals surface area contributed by atoms with E-state index in [0.717, 1.165) is 22.4 Å². The number of hydrogen-bond acceptors (Lipinski definition) is 5. The Hall–Kier alpha value is -2.75. The number of hydrogen-bond donors (Lipinski definition) is 2. The molecule has 0 saturated carbocycles. The van der Waals surface area contributed by atoms with Gasteiger partial charge in [0, 0.05) is 55.7 Å². The summed E-state index contributed by atoms with van der Waals surface area (Å²) in [4.78, 5) is 45.9. The Bertz CT molecular complexity index is 1110. The lowest BCUT2D eigenvalue weighted by Crippen LogP contribution is -2.57. The second kappa shape index (κ2) is 12.2. The van der Waals surface area contributed by atoms with Gasteiger partial charge in [0.05, 0.1) is 6.42 Å². The van der Waals surface area contributed by atoms with Crippen molar-refractivity contribution in [1.29, 1.82) is 0 Å². The third kappa shape index (κ3) is 6.77. The topological polar surface area (TPSA) is 99.0 Å². The molecule has 2 heterocycles. The lowest BCUT2D eigenvalue weighted by atomic mass is 10.1. The molecular formula is C27H34ClN5O3S. The SMILES string of the molecule is Cc1ccc(SC2(C(=O)N3CCN(C(=O)NCCCN)CC3)CC(=O)N(Cc3ccc(Cl)cc3)C2)cc1. The molecule has 0 bridgehead atoms. The molecule has 3 N–H and O–H groups in total. The maximum absolute atomic E-state index is 14.0. The summed E-state index contributed by atoms with van der Waals surface area (Å²) >= 11 is 7.50. The van der Waals surface area contributed by atoms with Gasteiger partial charge in [0.1, 0.15) is 4.75 Å². The number of carbonyl (C=O) groups excluding carboxylic acids is 3. The summed E-state index contributed by atoms with van der Waals surface area (Å²) in [5, 5.41) is 3.52. The van der Waals surface area contributed by atoms with E-state index in [4.69, 9.17) is 17.3 Å². The number of halogens is 1. The number of carbonyl (C=O) groups is 3. The van der Waals surface area contributed by atoms with Gasteiger partial charge in [-0.25, -0.2) is 4.79 Å². The van der Waals surface area contributed by atoms with Gasteiger partial charge in [0.25, 0.3) is 0 Å². The van der Waals surface area contributed by atoms with E-state index in [0.29, 0.717) is 57.4 Å². The van der Waals surface area contributed by atoms with Crippen molar-refractivity contribution >= 4 is 41.2 Å². The van der Waals surface area contributed by atoms with Crippen molar-refractivity contribution in [3.05, 3.63) is 64.7 Å². The van der Waals surface area contributed by atoms with Crippen LogP contribution in [0.25, 0.3) is 0 Å². The van der Waals surface area contributed by atoms with E-state index in [-0.39, 0.29) is 24.3 Å². The second-order valence-electron chi connectivity index (χ2n) is 9.62. The van der Waals surface area contributed by atoms with Crippen molar-refractivity contribution in [2.45, 2.75) is 36.0 Å². The highest BCUT2D eigenvalue weighted by Gasteiger charge is 2.51. The van der Waals surface area contributed by atoms with E-state index in [2.05, 4.69) is 5.32 Å². The third-order valence-corrected chi connectivity index (χ3v) is 8.36. The van der Waals surface area contributed by atoms with E-state index in [9.17, 15) is 14.4 Å². The molecule has 2 aromatic carbocycles. The summed E-state index contributed by atoms with van der Waals surface area (Å²) in [5.41, 5.74) is 7.61. The first-order valence-corrected chi connectivity index (χ1v) is 13.8. The van der Waals surface area contributed by atoms with Crippen LogP contribution in [0.2, 0.25) is 5.02 Å². The molecule has 2 aliphatic heterocycles. The van der Waals surface area contributed by atoms with Crippen LogP contribution in [0.3, 0.4) is 0 Å². The zero-order valence-electron chi connectivity index (χ0n) is 21.1. The van der Waals surface area contributed by atoms with Crippen molar-refractivity contribution < 1.29 is 14.4 Å². The molecule has 2 saturated heterocycles. The number of urea groups is 1. The van der Waals surface area contributed by atoms with Crippen molar-refractivity contribution in [3.63, 3.8) is 0 Å². The minimum absolute atomic E-state index is 0.0409. The van der Waals surface area contributed by atoms with Gasteiger partial charge < -0.3 is 25.8 Å². The van der Waals surface area contributed by atoms with E-state index < -0.39 is 4.75 Å². The molecule has 2 fully saturated rings. The molecule has 8 nitrogen and oxygen atoms in total. The summed E-state index contributed by atoms with van der Waals surface area (Å²) in [7, 11) is 0. The van der Waals surface area contributed by atoms with Gasteiger partial charge in [-0.05, 0) is 49.7 Å². The van der Waals surface area contributed by atoms with Crippen LogP contribution in [0, 0.1) is 6.92 Å². The van der Waals surface area contributed by atoms with Gasteiger partial charge in [-0.3, -0.25) is 9.59 Å². The first-order chi connectivity index (χ1) is 17.8. The molecule has 10 heteroatoms. The highest BCUT2D eigenvalue weighted by atomic mass is 35.5. The van der Waals surface area contributed by atoms with Crippen LogP contribution in [0.5, 0.6) is 0 Å². The minimum Gasteiger partial charge on any atom is -0.338 e. The first kappa shape index (κ1) is 27.3. The van der Waals surface area contributed by atoms with Crippen molar-refractivity contribution in [2.75, 3.05) is 45.8 Å². The van der Waals surface area contributed by atoms with Crippen LogP contribution >= 0.6 is 23.4 Å². The Morgan fingerprint density at radius 2 is 1.68 bits per heavy atom. The van der Waals surface area contributed by atoms with E-state index in [1.807, 2.05) is 60.4 Å². The molecule has 1 atom stereocenters. The highest BCUT2D eigenvalue weighted by molar-refractivity contribution is 8.01. The number of thioether (sulfide) groups is 1. The van der Waals surface area contributed by atoms with Crippen molar-refractivity contribution in [3.8, 4) is 0 Å². The summed E-state index contributed by atoms with van der Waals surface area (Å²) in [5.74, 6) is -0.0888. The minimum atomic E-state index is -0.926. The molecule has 37 heavy (non-hydrogen) atoms. The van der Waals surface area contributed by atoms with Crippen LogP contribution in [-0.2, 0) is 16.1 Å². The maximum Gasteiger partial charge on any atom is 0.317 e. The maximum atomic E-state index is 14.0. The number of likely N-dealkylation sites (tertiary alicyclic amines) is 1. The number of amides is 4. The predicted octanol–water partition coefficient (Wildman–Crippen LogP) is 3.11. The van der Waals surface area contributed by atoms with Crippen LogP contribution in [0.4, 0.5) is 4.79 Å². The monoisotopic (exact) mass is 543 g/mol. The number of nitrogens with one attached hydrogen (secondary N) is 1. The zero-order valence-corrected chi connectivity index (χ0v) is 22.7. The number of piperazine rings is 1. The zero-order chi connectivity index (χ0) is 26.4. The van der Waals surface area contributed by atoms with Crippen molar-refractivity contribution in [2.24, 2.45) is 5.73 Å². The van der Waals surface area contributed by atoms with Crippen LogP contribution in [0.1, 0.15) is 24.0 Å². The molecule has 0 aromatic heterocycles. The van der Waals surface area contributed by atoms with Gasteiger partial charge in [0.2, 0.25) is 11.8 Å². The lowest BCUT2D eigenvalue weighted by molar-refractivity contribution is -0.135. The van der Waals surface area contributed by atoms with Gasteiger partial charge in [0.15, 0.2) is 0 Å². The summed E-state index contributed by atoms with van der Waals surface area (Å²) in [6, 6.07) is 15.3. The average Bonchev–Trinajstić information content (AvgIpc) is 3.21. The van der Waals surface area contributed by atoms with Gasteiger partial charge >= 0.3 is 6.03 Å². The lowest BCUT2D eigenvalue weighted by Gasteiger charge is -2.39. The fourth-order valence-electron chi connectivity index (χ4n) is 4.66. The first-order valence-electron chi connectivity index (χ1n) is 12.6. The third-order valence-electron chi connectivity index (χ3n) is 6.76. The Morgan fingerprint density at radius 1 is 1.03 bits per heavy atom. The number of rotatable bonds is 8. The number of benzene rings is 2. The summed E-state index contributed by atoms with van der Waals surface area (Å²) < 4.78 is -0.926. The van der Waals surface area contributed by atoms with Gasteiger partial charge in [-0.1, -0.05) is 41.4 Å². The van der Waals surface area contributed by atoms with E-state index >= 15 is 0 Å². The fourth-order valence-corrected chi connectivity index (χ4v) is 6.14. The molecule has 0 radical (unpaired) electrons. The van der Waals surface area contributed by atoms with Crippen LogP contribution < -0.4 is 11.1 Å². The Labute approximate surface area is 227 Å². The van der Waals surface area contributed by atoms with E-state index in [1.54, 1.807) is 9.80 Å². The molecule has 0 aliphatic carbocycles.